The normalized spacial score (nSPS) is 19.8. The molecule has 0 saturated carbocycles. The van der Waals surface area contributed by atoms with Crippen LogP contribution in [-0.2, 0) is 16.2 Å². The number of aliphatic hydroxyl groups excluding tert-OH is 1. The molecule has 230 valence electrons. The van der Waals surface area contributed by atoms with Crippen molar-refractivity contribution in [3.05, 3.63) is 88.2 Å². The molecule has 2 aliphatic rings. The Kier molecular flexibility index (Phi) is 9.08. The number of allylic oxidation sites excluding steroid dienone is 1. The molecule has 43 heavy (non-hydrogen) atoms. The van der Waals surface area contributed by atoms with E-state index in [0.717, 1.165) is 29.0 Å². The lowest BCUT2D eigenvalue weighted by molar-refractivity contribution is -0.137. The van der Waals surface area contributed by atoms with Crippen LogP contribution in [0.15, 0.2) is 65.6 Å². The number of ether oxygens (including phenoxy) is 1. The van der Waals surface area contributed by atoms with Crippen molar-refractivity contribution in [1.29, 1.82) is 0 Å². The first-order chi connectivity index (χ1) is 20.3. The van der Waals surface area contributed by atoms with E-state index in [0.29, 0.717) is 49.6 Å². The number of benzene rings is 3. The summed E-state index contributed by atoms with van der Waals surface area (Å²) in [5, 5.41) is 10.0. The minimum Gasteiger partial charge on any atom is -0.486 e. The highest BCUT2D eigenvalue weighted by atomic mass is 35.5. The number of likely N-dealkylation sites (tertiary alicyclic amines) is 1. The minimum atomic E-state index is -4.72. The van der Waals surface area contributed by atoms with Crippen molar-refractivity contribution in [3.8, 4) is 5.75 Å². The van der Waals surface area contributed by atoms with Gasteiger partial charge >= 0.3 is 6.18 Å². The van der Waals surface area contributed by atoms with Crippen molar-refractivity contribution >= 4 is 39.0 Å². The Morgan fingerprint density at radius 3 is 2.58 bits per heavy atom. The van der Waals surface area contributed by atoms with Crippen LogP contribution in [0.25, 0.3) is 11.6 Å². The molecule has 3 aromatic rings. The summed E-state index contributed by atoms with van der Waals surface area (Å²) < 4.78 is 90.1. The van der Waals surface area contributed by atoms with Gasteiger partial charge in [-0.1, -0.05) is 35.9 Å². The number of fused-ring (bicyclic) bond motifs is 1. The van der Waals surface area contributed by atoms with E-state index in [1.807, 2.05) is 0 Å². The number of β-amino-alcohol motifs (C(OH)–C–C–N with tert-alkyl or cyclic N) is 1. The topological polar surface area (TPSA) is 70.1 Å². The second-order valence-electron chi connectivity index (χ2n) is 10.8. The van der Waals surface area contributed by atoms with Crippen LogP contribution in [0.3, 0.4) is 0 Å². The molecule has 0 spiro atoms. The summed E-state index contributed by atoms with van der Waals surface area (Å²) in [6.45, 7) is 3.62. The first kappa shape index (κ1) is 31.3. The van der Waals surface area contributed by atoms with Crippen LogP contribution in [0.1, 0.15) is 42.9 Å². The van der Waals surface area contributed by atoms with Crippen LogP contribution in [-0.4, -0.2) is 56.8 Å². The Morgan fingerprint density at radius 1 is 1.12 bits per heavy atom. The largest absolute Gasteiger partial charge is 0.486 e. The van der Waals surface area contributed by atoms with E-state index in [1.54, 1.807) is 37.3 Å². The molecule has 0 aromatic heterocycles. The fraction of sp³-hybridized carbons (Fsp3) is 0.355. The Morgan fingerprint density at radius 2 is 1.88 bits per heavy atom. The molecule has 2 aliphatic heterocycles. The summed E-state index contributed by atoms with van der Waals surface area (Å²) in [4.78, 5) is 1.64. The minimum absolute atomic E-state index is 0.112. The highest BCUT2D eigenvalue weighted by molar-refractivity contribution is 7.92. The molecule has 3 aromatic carbocycles. The van der Waals surface area contributed by atoms with E-state index >= 15 is 0 Å². The van der Waals surface area contributed by atoms with E-state index in [1.165, 1.54) is 12.1 Å². The van der Waals surface area contributed by atoms with E-state index in [9.17, 15) is 31.1 Å². The van der Waals surface area contributed by atoms with Crippen molar-refractivity contribution in [1.82, 2.24) is 4.90 Å². The van der Waals surface area contributed by atoms with Crippen molar-refractivity contribution < 1.29 is 35.8 Å². The SMILES string of the molecule is CC(=Cc1ccc2c(c1)N(S(=O)(=O)c1cccc(C(F)(F)F)c1)CC(CCCN1CCC(O)C1)O2)c1c(F)cccc1Cl. The summed E-state index contributed by atoms with van der Waals surface area (Å²) in [6, 6.07) is 12.9. The Bertz CT molecular complexity index is 1610. The first-order valence-electron chi connectivity index (χ1n) is 13.9. The van der Waals surface area contributed by atoms with Crippen molar-refractivity contribution in [2.45, 2.75) is 49.5 Å². The molecular formula is C31H31ClF4N2O4S. The molecule has 6 nitrogen and oxygen atoms in total. The van der Waals surface area contributed by atoms with Gasteiger partial charge in [0.05, 0.1) is 33.8 Å². The maximum Gasteiger partial charge on any atom is 0.416 e. The van der Waals surface area contributed by atoms with Crippen LogP contribution in [0, 0.1) is 5.82 Å². The number of alkyl halides is 3. The smallest absolute Gasteiger partial charge is 0.416 e. The molecule has 1 N–H and O–H groups in total. The van der Waals surface area contributed by atoms with Crippen LogP contribution in [0.5, 0.6) is 5.75 Å². The van der Waals surface area contributed by atoms with E-state index in [-0.39, 0.29) is 34.7 Å². The number of aliphatic hydroxyl groups is 1. The average Bonchev–Trinajstić information content (AvgIpc) is 3.37. The van der Waals surface area contributed by atoms with Gasteiger partial charge in [0.15, 0.2) is 0 Å². The first-order valence-corrected chi connectivity index (χ1v) is 15.7. The fourth-order valence-corrected chi connectivity index (χ4v) is 7.37. The van der Waals surface area contributed by atoms with Crippen molar-refractivity contribution in [2.75, 3.05) is 30.5 Å². The van der Waals surface area contributed by atoms with E-state index in [4.69, 9.17) is 16.3 Å². The third-order valence-electron chi connectivity index (χ3n) is 7.65. The monoisotopic (exact) mass is 638 g/mol. The van der Waals surface area contributed by atoms with Gasteiger partial charge in [0.1, 0.15) is 17.7 Å². The Hall–Kier alpha value is -3.12. The maximum atomic E-state index is 14.5. The van der Waals surface area contributed by atoms with Crippen LogP contribution >= 0.6 is 11.6 Å². The number of sulfonamides is 1. The van der Waals surface area contributed by atoms with Gasteiger partial charge in [-0.25, -0.2) is 12.8 Å². The molecule has 0 bridgehead atoms. The second kappa shape index (κ2) is 12.5. The van der Waals surface area contributed by atoms with Crippen molar-refractivity contribution in [3.63, 3.8) is 0 Å². The molecule has 12 heteroatoms. The highest BCUT2D eigenvalue weighted by Gasteiger charge is 2.37. The van der Waals surface area contributed by atoms with Crippen LogP contribution < -0.4 is 9.04 Å². The molecule has 0 aliphatic carbocycles. The number of hydrogen-bond acceptors (Lipinski definition) is 5. The molecule has 2 atom stereocenters. The summed E-state index contributed by atoms with van der Waals surface area (Å²) in [7, 11) is -4.44. The number of hydrogen-bond donors (Lipinski definition) is 1. The predicted octanol–water partition coefficient (Wildman–Crippen LogP) is 6.86. The molecule has 5 rings (SSSR count). The zero-order valence-electron chi connectivity index (χ0n) is 23.3. The van der Waals surface area contributed by atoms with Gasteiger partial charge in [-0.15, -0.1) is 0 Å². The lowest BCUT2D eigenvalue weighted by Crippen LogP contribution is -2.44. The van der Waals surface area contributed by atoms with Gasteiger partial charge in [-0.05, 0) is 86.3 Å². The van der Waals surface area contributed by atoms with Gasteiger partial charge in [-0.3, -0.25) is 4.31 Å². The van der Waals surface area contributed by atoms with Gasteiger partial charge in [0.25, 0.3) is 10.0 Å². The number of nitrogens with zero attached hydrogens (tertiary/aromatic N) is 2. The van der Waals surface area contributed by atoms with Crippen molar-refractivity contribution in [2.24, 2.45) is 0 Å². The summed E-state index contributed by atoms with van der Waals surface area (Å²) >= 11 is 6.22. The molecule has 0 radical (unpaired) electrons. The lowest BCUT2D eigenvalue weighted by Gasteiger charge is -2.36. The summed E-state index contributed by atoms with van der Waals surface area (Å²) in [6.07, 6.45) is -2.11. The van der Waals surface area contributed by atoms with E-state index < -0.39 is 38.6 Å². The molecule has 1 saturated heterocycles. The third kappa shape index (κ3) is 7.01. The Labute approximate surface area is 253 Å². The zero-order chi connectivity index (χ0) is 30.9. The highest BCUT2D eigenvalue weighted by Crippen LogP contribution is 2.40. The number of rotatable bonds is 8. The Balaban J connectivity index is 1.49. The van der Waals surface area contributed by atoms with Crippen LogP contribution in [0.2, 0.25) is 5.02 Å². The van der Waals surface area contributed by atoms with Crippen LogP contribution in [0.4, 0.5) is 23.2 Å². The maximum absolute atomic E-state index is 14.5. The average molecular weight is 639 g/mol. The predicted molar refractivity (Wildman–Crippen MR) is 158 cm³/mol. The number of anilines is 1. The molecule has 1 fully saturated rings. The number of halogens is 5. The van der Waals surface area contributed by atoms with Gasteiger partial charge in [0, 0.05) is 18.7 Å². The van der Waals surface area contributed by atoms with Gasteiger partial charge in [-0.2, -0.15) is 13.2 Å². The third-order valence-corrected chi connectivity index (χ3v) is 9.74. The van der Waals surface area contributed by atoms with E-state index in [2.05, 4.69) is 4.90 Å². The molecule has 0 amide bonds. The quantitative estimate of drug-likeness (QED) is 0.216. The fourth-order valence-electron chi connectivity index (χ4n) is 5.51. The standard InChI is InChI=1S/C31H31ClF4N2O4S/c1-20(30-26(32)8-3-9-27(30)33)15-21-10-11-29-28(16-21)38(19-24(42-29)6-4-13-37-14-12-23(39)18-37)43(40,41)25-7-2-5-22(17-25)31(34,35)36/h2-3,5,7-11,15-17,23-24,39H,4,6,12-14,18-19H2,1H3. The summed E-state index contributed by atoms with van der Waals surface area (Å²) in [5.74, 6) is -0.246. The molecular weight excluding hydrogens is 608 g/mol. The molecule has 2 unspecified atom stereocenters. The lowest BCUT2D eigenvalue weighted by atomic mass is 10.0. The van der Waals surface area contributed by atoms with Gasteiger partial charge in [0.2, 0.25) is 0 Å². The second-order valence-corrected chi connectivity index (χ2v) is 13.1. The zero-order valence-corrected chi connectivity index (χ0v) is 24.9. The van der Waals surface area contributed by atoms with Gasteiger partial charge < -0.3 is 14.7 Å². The summed E-state index contributed by atoms with van der Waals surface area (Å²) in [5.41, 5.74) is 0.321. The molecule has 2 heterocycles.